The van der Waals surface area contributed by atoms with Gasteiger partial charge in [-0.05, 0) is 51.5 Å². The first kappa shape index (κ1) is 17.9. The third-order valence-electron chi connectivity index (χ3n) is 2.81. The van der Waals surface area contributed by atoms with Crippen LogP contribution in [0.3, 0.4) is 0 Å². The molecule has 0 bridgehead atoms. The van der Waals surface area contributed by atoms with E-state index in [1.165, 1.54) is 0 Å². The molecule has 0 aliphatic heterocycles. The Kier molecular flexibility index (Phi) is 8.23. The molecule has 0 heterocycles. The van der Waals surface area contributed by atoms with Gasteiger partial charge in [-0.25, -0.2) is 0 Å². The van der Waals surface area contributed by atoms with Crippen LogP contribution in [0.1, 0.15) is 27.2 Å². The normalized spacial score (nSPS) is 12.2. The zero-order chi connectivity index (χ0) is 15.7. The molecule has 1 aromatic rings. The summed E-state index contributed by atoms with van der Waals surface area (Å²) in [6, 6.07) is 7.72. The van der Waals surface area contributed by atoms with E-state index in [2.05, 4.69) is 5.32 Å². The predicted octanol–water partition coefficient (Wildman–Crippen LogP) is 3.11. The fourth-order valence-electron chi connectivity index (χ4n) is 1.66. The second-order valence-electron chi connectivity index (χ2n) is 5.00. The van der Waals surface area contributed by atoms with Gasteiger partial charge in [0, 0.05) is 18.0 Å². The summed E-state index contributed by atoms with van der Waals surface area (Å²) in [5.74, 6) is 0.877. The van der Waals surface area contributed by atoms with Crippen molar-refractivity contribution in [3.8, 4) is 5.75 Å². The van der Waals surface area contributed by atoms with Crippen LogP contribution in [0.15, 0.2) is 29.2 Å². The summed E-state index contributed by atoms with van der Waals surface area (Å²) in [6.45, 7) is 7.25. The largest absolute Gasteiger partial charge is 0.497 e. The molecule has 0 aliphatic rings. The number of thioether (sulfide) groups is 1. The molecule has 0 unspecified atom stereocenters. The Bertz CT molecular complexity index is 420. The molecule has 1 aromatic carbocycles. The lowest BCUT2D eigenvalue weighted by Crippen LogP contribution is -2.32. The van der Waals surface area contributed by atoms with Crippen molar-refractivity contribution in [2.24, 2.45) is 0 Å². The van der Waals surface area contributed by atoms with Crippen molar-refractivity contribution in [3.63, 3.8) is 0 Å². The van der Waals surface area contributed by atoms with E-state index >= 15 is 0 Å². The van der Waals surface area contributed by atoms with Crippen LogP contribution in [0.2, 0.25) is 0 Å². The molecule has 5 heteroatoms. The molecule has 1 amide bonds. The van der Waals surface area contributed by atoms with Crippen molar-refractivity contribution in [2.45, 2.75) is 43.4 Å². The molecule has 0 aliphatic carbocycles. The number of nitrogens with one attached hydrogen (secondary N) is 1. The molecule has 0 saturated heterocycles. The van der Waals surface area contributed by atoms with Crippen LogP contribution in [0.5, 0.6) is 5.75 Å². The van der Waals surface area contributed by atoms with Gasteiger partial charge in [0.2, 0.25) is 5.91 Å². The van der Waals surface area contributed by atoms with Gasteiger partial charge in [0.1, 0.15) is 5.75 Å². The van der Waals surface area contributed by atoms with Crippen LogP contribution in [-0.4, -0.2) is 37.5 Å². The van der Waals surface area contributed by atoms with E-state index in [0.717, 1.165) is 17.1 Å². The second kappa shape index (κ2) is 9.68. The Morgan fingerprint density at radius 2 is 1.90 bits per heavy atom. The summed E-state index contributed by atoms with van der Waals surface area (Å²) in [5.41, 5.74) is 0. The van der Waals surface area contributed by atoms with Crippen LogP contribution in [0, 0.1) is 0 Å². The lowest BCUT2D eigenvalue weighted by Gasteiger charge is -2.13. The highest BCUT2D eigenvalue weighted by molar-refractivity contribution is 8.00. The van der Waals surface area contributed by atoms with Crippen LogP contribution in [0.4, 0.5) is 0 Å². The van der Waals surface area contributed by atoms with E-state index in [1.807, 2.05) is 45.0 Å². The maximum atomic E-state index is 12.0. The van der Waals surface area contributed by atoms with Gasteiger partial charge in [-0.2, -0.15) is 0 Å². The summed E-state index contributed by atoms with van der Waals surface area (Å²) < 4.78 is 10.5. The number of carbonyl (C=O) groups excluding carboxylic acids is 1. The highest BCUT2D eigenvalue weighted by atomic mass is 32.2. The summed E-state index contributed by atoms with van der Waals surface area (Å²) in [4.78, 5) is 13.0. The third kappa shape index (κ3) is 7.39. The number of carbonyl (C=O) groups is 1. The average Bonchev–Trinajstić information content (AvgIpc) is 2.47. The molecular weight excluding hydrogens is 286 g/mol. The molecular formula is C16H25NO3S. The zero-order valence-electron chi connectivity index (χ0n) is 13.2. The summed E-state index contributed by atoms with van der Waals surface area (Å²) >= 11 is 1.54. The quantitative estimate of drug-likeness (QED) is 0.562. The average molecular weight is 311 g/mol. The molecule has 118 valence electrons. The van der Waals surface area contributed by atoms with E-state index in [4.69, 9.17) is 9.47 Å². The molecule has 1 atom stereocenters. The fraction of sp³-hybridized carbons (Fsp3) is 0.562. The van der Waals surface area contributed by atoms with E-state index in [1.54, 1.807) is 18.9 Å². The molecule has 21 heavy (non-hydrogen) atoms. The number of amides is 1. The van der Waals surface area contributed by atoms with Gasteiger partial charge >= 0.3 is 0 Å². The maximum absolute atomic E-state index is 12.0. The minimum absolute atomic E-state index is 0.0559. The van der Waals surface area contributed by atoms with Gasteiger partial charge in [-0.1, -0.05) is 0 Å². The van der Waals surface area contributed by atoms with Crippen molar-refractivity contribution in [2.75, 3.05) is 20.3 Å². The smallest absolute Gasteiger partial charge is 0.233 e. The van der Waals surface area contributed by atoms with Gasteiger partial charge in [-0.15, -0.1) is 11.8 Å². The first-order valence-electron chi connectivity index (χ1n) is 7.23. The second-order valence-corrected chi connectivity index (χ2v) is 6.41. The minimum atomic E-state index is -0.121. The van der Waals surface area contributed by atoms with Crippen molar-refractivity contribution in [3.05, 3.63) is 24.3 Å². The van der Waals surface area contributed by atoms with E-state index in [0.29, 0.717) is 13.2 Å². The molecule has 1 N–H and O–H groups in total. The maximum Gasteiger partial charge on any atom is 0.233 e. The Morgan fingerprint density at radius 1 is 1.24 bits per heavy atom. The lowest BCUT2D eigenvalue weighted by molar-refractivity contribution is -0.120. The van der Waals surface area contributed by atoms with Crippen molar-refractivity contribution in [1.82, 2.24) is 5.32 Å². The van der Waals surface area contributed by atoms with Gasteiger partial charge in [0.05, 0.1) is 18.5 Å². The van der Waals surface area contributed by atoms with Gasteiger partial charge < -0.3 is 14.8 Å². The number of hydrogen-bond acceptors (Lipinski definition) is 4. The number of ether oxygens (including phenoxy) is 2. The zero-order valence-corrected chi connectivity index (χ0v) is 14.0. The first-order valence-corrected chi connectivity index (χ1v) is 8.11. The Hall–Kier alpha value is -1.20. The SMILES string of the molecule is COc1ccc(S[C@H](C)C(=O)NCCCOC(C)C)cc1. The highest BCUT2D eigenvalue weighted by Gasteiger charge is 2.13. The molecule has 4 nitrogen and oxygen atoms in total. The summed E-state index contributed by atoms with van der Waals surface area (Å²) in [6.07, 6.45) is 1.08. The summed E-state index contributed by atoms with van der Waals surface area (Å²) in [7, 11) is 1.64. The Morgan fingerprint density at radius 3 is 2.48 bits per heavy atom. The first-order chi connectivity index (χ1) is 10.0. The van der Waals surface area contributed by atoms with E-state index in [-0.39, 0.29) is 17.3 Å². The predicted molar refractivity (Wildman–Crippen MR) is 87.0 cm³/mol. The molecule has 0 radical (unpaired) electrons. The van der Waals surface area contributed by atoms with Crippen LogP contribution in [0.25, 0.3) is 0 Å². The standard InChI is InChI=1S/C16H25NO3S/c1-12(2)20-11-5-10-17-16(18)13(3)21-15-8-6-14(19-4)7-9-15/h6-9,12-13H,5,10-11H2,1-4H3,(H,17,18)/t13-/m1/s1. The van der Waals surface area contributed by atoms with Crippen LogP contribution < -0.4 is 10.1 Å². The van der Waals surface area contributed by atoms with Gasteiger partial charge in [0.25, 0.3) is 0 Å². The Balaban J connectivity index is 2.26. The highest BCUT2D eigenvalue weighted by Crippen LogP contribution is 2.25. The molecule has 0 fully saturated rings. The van der Waals surface area contributed by atoms with Crippen molar-refractivity contribution >= 4 is 17.7 Å². The Labute approximate surface area is 131 Å². The number of methoxy groups -OCH3 is 1. The summed E-state index contributed by atoms with van der Waals surface area (Å²) in [5, 5.41) is 2.81. The van der Waals surface area contributed by atoms with Gasteiger partial charge in [-0.3, -0.25) is 4.79 Å². The number of benzene rings is 1. The van der Waals surface area contributed by atoms with Crippen molar-refractivity contribution < 1.29 is 14.3 Å². The molecule has 0 aromatic heterocycles. The topological polar surface area (TPSA) is 47.6 Å². The minimum Gasteiger partial charge on any atom is -0.497 e. The molecule has 0 saturated carbocycles. The van der Waals surface area contributed by atoms with Crippen LogP contribution in [-0.2, 0) is 9.53 Å². The van der Waals surface area contributed by atoms with Gasteiger partial charge in [0.15, 0.2) is 0 Å². The van der Waals surface area contributed by atoms with E-state index in [9.17, 15) is 4.79 Å². The third-order valence-corrected chi connectivity index (χ3v) is 3.93. The monoisotopic (exact) mass is 311 g/mol. The van der Waals surface area contributed by atoms with Crippen molar-refractivity contribution in [1.29, 1.82) is 0 Å². The fourth-order valence-corrected chi connectivity index (χ4v) is 2.55. The molecule has 1 rings (SSSR count). The number of hydrogen-bond donors (Lipinski definition) is 1. The molecule has 0 spiro atoms. The van der Waals surface area contributed by atoms with E-state index < -0.39 is 0 Å². The van der Waals surface area contributed by atoms with Crippen LogP contribution >= 0.6 is 11.8 Å². The lowest BCUT2D eigenvalue weighted by atomic mass is 10.3. The number of rotatable bonds is 9.